The standard InChI is InChI=1S/C11H15BNO/c1-3-10-8-9(2)4-5-11(10)13-12-6-7-14-13/h4-5,8H,3,6-7H2,1-2H3. The molecule has 73 valence electrons. The highest BCUT2D eigenvalue weighted by molar-refractivity contribution is 6.41. The molecule has 0 unspecified atom stereocenters. The van der Waals surface area contributed by atoms with Gasteiger partial charge in [0.25, 0.3) is 7.41 Å². The lowest BCUT2D eigenvalue weighted by atomic mass is 9.89. The molecule has 0 aliphatic carbocycles. The van der Waals surface area contributed by atoms with E-state index in [4.69, 9.17) is 4.84 Å². The minimum Gasteiger partial charge on any atom is -0.306 e. The lowest BCUT2D eigenvalue weighted by Crippen LogP contribution is -2.20. The molecule has 1 aliphatic heterocycles. The van der Waals surface area contributed by atoms with Crippen LogP contribution in [0.4, 0.5) is 5.69 Å². The molecular weight excluding hydrogens is 173 g/mol. The van der Waals surface area contributed by atoms with Crippen LogP contribution in [-0.4, -0.2) is 14.0 Å². The number of rotatable bonds is 2. The first-order valence-electron chi connectivity index (χ1n) is 5.16. The molecule has 3 heteroatoms. The Balaban J connectivity index is 2.31. The lowest BCUT2D eigenvalue weighted by Gasteiger charge is -2.20. The van der Waals surface area contributed by atoms with E-state index >= 15 is 0 Å². The highest BCUT2D eigenvalue weighted by atomic mass is 16.7. The summed E-state index contributed by atoms with van der Waals surface area (Å²) < 4.78 is 0. The first kappa shape index (κ1) is 9.59. The summed E-state index contributed by atoms with van der Waals surface area (Å²) >= 11 is 0. The van der Waals surface area contributed by atoms with Crippen LogP contribution in [0.1, 0.15) is 18.1 Å². The molecular formula is C11H15BNO. The van der Waals surface area contributed by atoms with Crippen molar-refractivity contribution in [1.82, 2.24) is 0 Å². The molecule has 0 atom stereocenters. The van der Waals surface area contributed by atoms with E-state index in [1.54, 1.807) is 0 Å². The maximum absolute atomic E-state index is 5.50. The van der Waals surface area contributed by atoms with Crippen molar-refractivity contribution in [3.8, 4) is 0 Å². The maximum atomic E-state index is 5.50. The normalized spacial score (nSPS) is 15.7. The van der Waals surface area contributed by atoms with Crippen LogP contribution in [0.25, 0.3) is 0 Å². The number of aryl methyl sites for hydroxylation is 2. The Labute approximate surface area is 86.1 Å². The number of hydrogen-bond donors (Lipinski definition) is 0. The second-order valence-corrected chi connectivity index (χ2v) is 3.62. The van der Waals surface area contributed by atoms with Crippen molar-refractivity contribution in [2.45, 2.75) is 26.6 Å². The van der Waals surface area contributed by atoms with Crippen LogP contribution in [0, 0.1) is 6.92 Å². The minimum absolute atomic E-state index is 0.803. The molecule has 0 amide bonds. The second-order valence-electron chi connectivity index (χ2n) is 3.62. The van der Waals surface area contributed by atoms with Gasteiger partial charge in [0.2, 0.25) is 0 Å². The molecule has 14 heavy (non-hydrogen) atoms. The molecule has 1 heterocycles. The molecule has 1 aromatic rings. The van der Waals surface area contributed by atoms with E-state index in [2.05, 4.69) is 39.5 Å². The van der Waals surface area contributed by atoms with Gasteiger partial charge in [0, 0.05) is 0 Å². The fourth-order valence-corrected chi connectivity index (χ4v) is 1.75. The van der Waals surface area contributed by atoms with Crippen LogP contribution in [0.15, 0.2) is 18.2 Å². The Bertz CT molecular complexity index is 321. The molecule has 0 saturated carbocycles. The summed E-state index contributed by atoms with van der Waals surface area (Å²) in [5.74, 6) is 0. The third-order valence-electron chi connectivity index (χ3n) is 2.50. The van der Waals surface area contributed by atoms with E-state index in [1.807, 2.05) is 4.97 Å². The Morgan fingerprint density at radius 2 is 2.36 bits per heavy atom. The van der Waals surface area contributed by atoms with Gasteiger partial charge in [-0.1, -0.05) is 24.6 Å². The second kappa shape index (κ2) is 4.05. The van der Waals surface area contributed by atoms with Crippen LogP contribution in [-0.2, 0) is 11.3 Å². The van der Waals surface area contributed by atoms with Gasteiger partial charge in [-0.15, -0.1) is 0 Å². The van der Waals surface area contributed by atoms with Gasteiger partial charge in [0.15, 0.2) is 0 Å². The summed E-state index contributed by atoms with van der Waals surface area (Å²) in [6, 6.07) is 6.49. The average Bonchev–Trinajstić information content (AvgIpc) is 2.70. The lowest BCUT2D eigenvalue weighted by molar-refractivity contribution is 0.185. The summed E-state index contributed by atoms with van der Waals surface area (Å²) in [5, 5.41) is 0. The topological polar surface area (TPSA) is 12.5 Å². The quantitative estimate of drug-likeness (QED) is 0.660. The molecule has 1 radical (unpaired) electrons. The van der Waals surface area contributed by atoms with Crippen molar-refractivity contribution < 1.29 is 4.84 Å². The highest BCUT2D eigenvalue weighted by Gasteiger charge is 2.17. The SMILES string of the molecule is CCc1cc(C)ccc1N1[B]CCO1. The third kappa shape index (κ3) is 1.78. The van der Waals surface area contributed by atoms with Gasteiger partial charge in [-0.3, -0.25) is 4.84 Å². The van der Waals surface area contributed by atoms with E-state index in [0.29, 0.717) is 0 Å². The zero-order chi connectivity index (χ0) is 9.97. The number of nitrogens with zero attached hydrogens (tertiary/aromatic N) is 1. The first-order valence-corrected chi connectivity index (χ1v) is 5.16. The van der Waals surface area contributed by atoms with E-state index < -0.39 is 0 Å². The van der Waals surface area contributed by atoms with Crippen LogP contribution in [0.3, 0.4) is 0 Å². The molecule has 0 bridgehead atoms. The van der Waals surface area contributed by atoms with Gasteiger partial charge in [0.05, 0.1) is 12.3 Å². The van der Waals surface area contributed by atoms with Crippen LogP contribution in [0.5, 0.6) is 0 Å². The van der Waals surface area contributed by atoms with Crippen molar-refractivity contribution in [3.05, 3.63) is 29.3 Å². The van der Waals surface area contributed by atoms with Crippen molar-refractivity contribution >= 4 is 13.1 Å². The summed E-state index contributed by atoms with van der Waals surface area (Å²) in [6.07, 6.45) is 2.06. The predicted molar refractivity (Wildman–Crippen MR) is 59.5 cm³/mol. The van der Waals surface area contributed by atoms with E-state index in [0.717, 1.165) is 19.3 Å². The van der Waals surface area contributed by atoms with E-state index in [-0.39, 0.29) is 0 Å². The Hall–Kier alpha value is -0.955. The molecule has 2 rings (SSSR count). The number of benzene rings is 1. The predicted octanol–water partition coefficient (Wildman–Crippen LogP) is 2.35. The molecule has 1 saturated heterocycles. The van der Waals surface area contributed by atoms with Crippen molar-refractivity contribution in [1.29, 1.82) is 0 Å². The average molecular weight is 188 g/mol. The molecule has 1 fully saturated rings. The van der Waals surface area contributed by atoms with Crippen LogP contribution in [0.2, 0.25) is 6.32 Å². The van der Waals surface area contributed by atoms with Crippen molar-refractivity contribution in [2.24, 2.45) is 0 Å². The Morgan fingerprint density at radius 3 is 3.00 bits per heavy atom. The fraction of sp³-hybridized carbons (Fsp3) is 0.455. The number of anilines is 1. The molecule has 0 N–H and O–H groups in total. The van der Waals surface area contributed by atoms with E-state index in [1.165, 1.54) is 16.8 Å². The van der Waals surface area contributed by atoms with Crippen LogP contribution >= 0.6 is 0 Å². The Morgan fingerprint density at radius 1 is 1.50 bits per heavy atom. The molecule has 0 aromatic heterocycles. The zero-order valence-electron chi connectivity index (χ0n) is 8.79. The molecule has 1 aromatic carbocycles. The summed E-state index contributed by atoms with van der Waals surface area (Å²) in [7, 11) is 2.10. The van der Waals surface area contributed by atoms with Gasteiger partial charge < -0.3 is 4.97 Å². The third-order valence-corrected chi connectivity index (χ3v) is 2.50. The van der Waals surface area contributed by atoms with Gasteiger partial charge in [-0.25, -0.2) is 0 Å². The largest absolute Gasteiger partial charge is 0.306 e. The van der Waals surface area contributed by atoms with Gasteiger partial charge in [0.1, 0.15) is 0 Å². The van der Waals surface area contributed by atoms with Crippen molar-refractivity contribution in [2.75, 3.05) is 11.6 Å². The van der Waals surface area contributed by atoms with Gasteiger partial charge in [-0.2, -0.15) is 0 Å². The summed E-state index contributed by atoms with van der Waals surface area (Å²) in [4.78, 5) is 7.40. The minimum atomic E-state index is 0.803. The highest BCUT2D eigenvalue weighted by Crippen LogP contribution is 2.24. The van der Waals surface area contributed by atoms with Gasteiger partial charge >= 0.3 is 0 Å². The van der Waals surface area contributed by atoms with E-state index in [9.17, 15) is 0 Å². The monoisotopic (exact) mass is 188 g/mol. The molecule has 0 spiro atoms. The smallest absolute Gasteiger partial charge is 0.288 e. The summed E-state index contributed by atoms with van der Waals surface area (Å²) in [6.45, 7) is 5.10. The van der Waals surface area contributed by atoms with Crippen molar-refractivity contribution in [3.63, 3.8) is 0 Å². The zero-order valence-corrected chi connectivity index (χ0v) is 8.79. The number of hydrogen-bond acceptors (Lipinski definition) is 2. The maximum Gasteiger partial charge on any atom is 0.288 e. The molecule has 2 nitrogen and oxygen atoms in total. The summed E-state index contributed by atoms with van der Waals surface area (Å²) in [5.41, 5.74) is 3.85. The molecule has 1 aliphatic rings. The van der Waals surface area contributed by atoms with Gasteiger partial charge in [-0.05, 0) is 31.3 Å². The van der Waals surface area contributed by atoms with Crippen LogP contribution < -0.4 is 4.97 Å². The fourth-order valence-electron chi connectivity index (χ4n) is 1.75. The Kier molecular flexibility index (Phi) is 2.78. The first-order chi connectivity index (χ1) is 6.81.